The van der Waals surface area contributed by atoms with Gasteiger partial charge in [-0.25, -0.2) is 142 Å². The van der Waals surface area contributed by atoms with Crippen molar-refractivity contribution in [1.82, 2.24) is 0 Å². The Hall–Kier alpha value is 18.9. The largest absolute Gasteiger partial charge is 2.00 e. The van der Waals surface area contributed by atoms with Gasteiger partial charge in [-0.15, -0.1) is 0 Å². The molecular weight excluding hydrogens is 4220 g/mol. The van der Waals surface area contributed by atoms with Crippen molar-refractivity contribution in [1.29, 1.82) is 0 Å². The fraction of sp³-hybridized carbons (Fsp3) is 0.750. The van der Waals surface area contributed by atoms with Gasteiger partial charge >= 0.3 is 163 Å². The molecule has 0 heterocycles. The van der Waals surface area contributed by atoms with E-state index in [4.69, 9.17) is 102 Å². The molecule has 0 bridgehead atoms. The summed E-state index contributed by atoms with van der Waals surface area (Å²) in [5.74, 6) is 0. The zero-order chi connectivity index (χ0) is 97.0. The third kappa shape index (κ3) is 537. The average molecular weight is 4440 g/mol. The SMILES string of the molecule is CC[PH+](CC)CC.CC[PH+](CC)CC.CC[PH+](CC)CC.CC[PH+](CC)CC.CC[PH+](CC)CC.CC[PH+](CC)CC.CC[PH+](CC)CC.CC[PH+](CC)CC.CC[PH+](CC)CC.CC[PH+](CC)CC.[Au].[Au].[CH2-]O.[CH2-]O.[CH2-]O.[CH2-]O.[CH2-]O.[CH2-]O.[CH2-]O.[CH2-]O.[CH2-]O.[CH2-]O.[CH2-]O.[CH2-]O.[CH2-]O.[CH2-]O.[CH2-]O.[CH2-]O.[CH2-]O.[CH2-]O.[CH2-]O.[CH2-]O.[Pd+2].[Pd+2].[Pd+2].[Pd+2].[Pd+2].[Pd+2].[Pd+2].[Pd+2].[Pd].[Pd].[Pd].[Pd].[Pd].[Pd].[Pd].[Pd].[Pd].[Pd].[Pd].[Pd].[Pd]. The normalized spacial score (nSPS) is 6.32. The first-order chi connectivity index (χ1) is 53.5. The van der Waals surface area contributed by atoms with Crippen LogP contribution in [0.1, 0.15) is 208 Å². The van der Waals surface area contributed by atoms with Crippen LogP contribution in [0.3, 0.4) is 0 Å². The molecule has 53 heteroatoms. The Morgan fingerprint density at radius 1 is 0.0902 bits per heavy atom. The van der Waals surface area contributed by atoms with Crippen LogP contribution in [0.5, 0.6) is 0 Å². The summed E-state index contributed by atoms with van der Waals surface area (Å²) in [5, 5.41) is 135. The molecule has 20 N–H and O–H groups in total. The van der Waals surface area contributed by atoms with Gasteiger partial charge in [-0.05, 0) is 287 Å². The van der Waals surface area contributed by atoms with Crippen molar-refractivity contribution in [3.63, 3.8) is 0 Å². The zero-order valence-electron chi connectivity index (χ0n) is 86.5. The zero-order valence-corrected chi connectivity index (χ0v) is 134. The van der Waals surface area contributed by atoms with Crippen LogP contribution in [-0.4, -0.2) is 287 Å². The summed E-state index contributed by atoms with van der Waals surface area (Å²) < 4.78 is 0. The van der Waals surface area contributed by atoms with E-state index >= 15 is 0 Å². The second kappa shape index (κ2) is 545. The van der Waals surface area contributed by atoms with E-state index in [1.165, 1.54) is 185 Å². The molecule has 0 saturated carbocycles. The molecule has 0 atom stereocenters. The van der Waals surface area contributed by atoms with Gasteiger partial charge < -0.3 is 102 Å². The number of aliphatic hydroxyl groups excluding tert-OH is 20. The van der Waals surface area contributed by atoms with Gasteiger partial charge in [0.05, 0.1) is 185 Å². The number of aliphatic hydroxyl groups is 20. The summed E-state index contributed by atoms with van der Waals surface area (Å²) in [6.07, 6.45) is 43.7. The molecule has 936 valence electrons. The molecule has 0 aliphatic rings. The Balaban J connectivity index is -0.00000000986. The van der Waals surface area contributed by atoms with Crippen LogP contribution in [0.2, 0.25) is 0 Å². The summed E-state index contributed by atoms with van der Waals surface area (Å²) in [4.78, 5) is 0. The molecule has 0 aliphatic heterocycles. The van der Waals surface area contributed by atoms with Crippen LogP contribution in [-0.2, 0) is 474 Å². The predicted octanol–water partition coefficient (Wildman–Crippen LogP) is 25.6. The van der Waals surface area contributed by atoms with E-state index in [0.717, 1.165) is 0 Å². The van der Waals surface area contributed by atoms with Crippen LogP contribution in [0.25, 0.3) is 0 Å². The molecule has 0 unspecified atom stereocenters. The Bertz CT molecular complexity index is 633. The molecule has 0 spiro atoms. The van der Waals surface area contributed by atoms with E-state index < -0.39 is 0 Å². The minimum absolute atomic E-state index is 0. The molecule has 0 aliphatic carbocycles. The van der Waals surface area contributed by atoms with Crippen LogP contribution >= 0.6 is 79.2 Å². The van der Waals surface area contributed by atoms with E-state index in [1.54, 1.807) is 0 Å². The maximum Gasteiger partial charge on any atom is 2.00 e. The smallest absolute Gasteiger partial charge is 0.569 e. The summed E-state index contributed by atoms with van der Waals surface area (Å²) >= 11 is 0. The van der Waals surface area contributed by atoms with Gasteiger partial charge in [-0.3, -0.25) is 0 Å². The van der Waals surface area contributed by atoms with E-state index in [1.807, 2.05) is 0 Å². The van der Waals surface area contributed by atoms with Gasteiger partial charge in [0.25, 0.3) is 0 Å². The second-order valence-corrected chi connectivity index (χ2v) is 54.3. The van der Waals surface area contributed by atoms with Gasteiger partial charge in [-0.2, -0.15) is 0 Å². The van der Waals surface area contributed by atoms with E-state index in [9.17, 15) is 0 Å². The molecular formula is C80H220Au2O20P10Pd21+6. The van der Waals surface area contributed by atoms with Crippen molar-refractivity contribution in [3.05, 3.63) is 142 Å². The quantitative estimate of drug-likeness (QED) is 0.0180. The van der Waals surface area contributed by atoms with Gasteiger partial charge in [0, 0.05) is 310 Å². The molecule has 0 saturated heterocycles. The summed E-state index contributed by atoms with van der Waals surface area (Å²) in [6, 6.07) is 0. The maximum atomic E-state index is 6.75. The Morgan fingerprint density at radius 3 is 0.105 bits per heavy atom. The van der Waals surface area contributed by atoms with E-state index in [-0.39, 0.29) is 553 Å². The Labute approximate surface area is 1170 Å². The van der Waals surface area contributed by atoms with Crippen molar-refractivity contribution in [2.45, 2.75) is 208 Å². The van der Waals surface area contributed by atoms with Crippen LogP contribution in [0, 0.1) is 142 Å². The fourth-order valence-electron chi connectivity index (χ4n) is 7.50. The first-order valence-electron chi connectivity index (χ1n) is 38.1. The fourth-order valence-corrected chi connectivity index (χ4v) is 22.5. The molecule has 0 fully saturated rings. The molecule has 2 radical (unpaired) electrons. The van der Waals surface area contributed by atoms with Gasteiger partial charge in [0.15, 0.2) is 0 Å². The van der Waals surface area contributed by atoms with Gasteiger partial charge in [0.2, 0.25) is 0 Å². The summed E-state index contributed by atoms with van der Waals surface area (Å²) in [7, 11) is 46.4. The number of rotatable bonds is 30. The third-order valence-corrected chi connectivity index (χ3v) is 45.0. The van der Waals surface area contributed by atoms with Crippen molar-refractivity contribution < 1.29 is 576 Å². The minimum Gasteiger partial charge on any atom is -0.569 e. The van der Waals surface area contributed by atoms with Crippen molar-refractivity contribution in [2.24, 2.45) is 0 Å². The van der Waals surface area contributed by atoms with Crippen LogP contribution in [0.4, 0.5) is 0 Å². The topological polar surface area (TPSA) is 405 Å². The Morgan fingerprint density at radius 2 is 0.105 bits per heavy atom. The summed E-state index contributed by atoms with van der Waals surface area (Å²) in [6.45, 7) is 69.2. The molecule has 0 aromatic rings. The van der Waals surface area contributed by atoms with Gasteiger partial charge in [0.1, 0.15) is 0 Å². The molecule has 0 rings (SSSR count). The van der Waals surface area contributed by atoms with E-state index in [0.29, 0.717) is 0 Å². The molecule has 133 heavy (non-hydrogen) atoms. The van der Waals surface area contributed by atoms with Crippen LogP contribution in [0.15, 0.2) is 0 Å². The maximum absolute atomic E-state index is 6.75. The molecule has 0 amide bonds. The van der Waals surface area contributed by atoms with Crippen molar-refractivity contribution in [2.75, 3.05) is 185 Å². The number of hydrogen-bond donors (Lipinski definition) is 20. The predicted molar refractivity (Wildman–Crippen MR) is 545 cm³/mol. The van der Waals surface area contributed by atoms with E-state index in [2.05, 4.69) is 350 Å². The standard InChI is InChI=1S/10C6H15P.20CH3O.2Au.21Pd/c10*1-4-7(5-2)6-3;20*1-2;;;;;;;;;;;;;;;;;;;;;;;/h10*4-6H2,1-3H3;20*2H,1H2;;;;;;;;;;;;;;;;;;;;;;;/q;;;;;;;;;;20*-1;;;;;;;;;;;;;;;;8*+2/p+10. The summed E-state index contributed by atoms with van der Waals surface area (Å²) in [5.41, 5.74) is 0. The van der Waals surface area contributed by atoms with Crippen LogP contribution < -0.4 is 0 Å². The number of hydrogen-bond acceptors (Lipinski definition) is 20. The van der Waals surface area contributed by atoms with Crippen molar-refractivity contribution >= 4 is 79.2 Å². The Kier molecular flexibility index (Phi) is 1450. The average Bonchev–Trinajstić information content (AvgIpc) is 1.22. The van der Waals surface area contributed by atoms with Crippen molar-refractivity contribution in [3.8, 4) is 0 Å². The minimum atomic E-state index is 0. The molecule has 0 aromatic heterocycles. The second-order valence-electron chi connectivity index (χ2n) is 18.1. The van der Waals surface area contributed by atoms with Gasteiger partial charge in [-0.1, -0.05) is 0 Å². The molecule has 20 nitrogen and oxygen atoms in total. The first-order valence-corrected chi connectivity index (χ1v) is 59.4. The first kappa shape index (κ1) is 354. The monoisotopic (exact) mass is 4430 g/mol. The third-order valence-electron chi connectivity index (χ3n) is 15.0. The molecule has 0 aromatic carbocycles.